The second kappa shape index (κ2) is 5.20. The summed E-state index contributed by atoms with van der Waals surface area (Å²) < 4.78 is 38.3. The molecule has 2 N–H and O–H groups in total. The van der Waals surface area contributed by atoms with E-state index in [1.165, 1.54) is 12.8 Å². The molecule has 5 heteroatoms. The van der Waals surface area contributed by atoms with E-state index >= 15 is 0 Å². The molecule has 110 valence electrons. The SMILES string of the molecule is Nc1cc(F)c(OCC2CCC3(CCCC3)O2)cc1F. The molecule has 0 bridgehead atoms. The van der Waals surface area contributed by atoms with Crippen molar-refractivity contribution in [3.8, 4) is 5.75 Å². The summed E-state index contributed by atoms with van der Waals surface area (Å²) in [5.41, 5.74) is 5.11. The molecule has 1 saturated heterocycles. The molecular weight excluding hydrogens is 264 g/mol. The highest BCUT2D eigenvalue weighted by Gasteiger charge is 2.42. The maximum Gasteiger partial charge on any atom is 0.167 e. The van der Waals surface area contributed by atoms with Crippen LogP contribution in [0.4, 0.5) is 14.5 Å². The maximum absolute atomic E-state index is 13.6. The van der Waals surface area contributed by atoms with Crippen molar-refractivity contribution in [1.29, 1.82) is 0 Å². The van der Waals surface area contributed by atoms with Crippen molar-refractivity contribution < 1.29 is 18.3 Å². The first-order chi connectivity index (χ1) is 9.58. The van der Waals surface area contributed by atoms with Gasteiger partial charge >= 0.3 is 0 Å². The first-order valence-corrected chi connectivity index (χ1v) is 7.13. The van der Waals surface area contributed by atoms with Gasteiger partial charge in [-0.2, -0.15) is 0 Å². The van der Waals surface area contributed by atoms with Gasteiger partial charge in [0.25, 0.3) is 0 Å². The van der Waals surface area contributed by atoms with Crippen LogP contribution in [0.15, 0.2) is 12.1 Å². The van der Waals surface area contributed by atoms with E-state index < -0.39 is 11.6 Å². The zero-order valence-electron chi connectivity index (χ0n) is 11.3. The molecule has 2 aliphatic rings. The van der Waals surface area contributed by atoms with Gasteiger partial charge in [-0.15, -0.1) is 0 Å². The fraction of sp³-hybridized carbons (Fsp3) is 0.600. The highest BCUT2D eigenvalue weighted by atomic mass is 19.1. The Hall–Kier alpha value is -1.36. The van der Waals surface area contributed by atoms with E-state index in [9.17, 15) is 8.78 Å². The Morgan fingerprint density at radius 1 is 1.20 bits per heavy atom. The fourth-order valence-electron chi connectivity index (χ4n) is 3.24. The fourth-order valence-corrected chi connectivity index (χ4v) is 3.24. The van der Waals surface area contributed by atoms with Gasteiger partial charge in [0.1, 0.15) is 12.4 Å². The van der Waals surface area contributed by atoms with Crippen LogP contribution in [-0.2, 0) is 4.74 Å². The molecule has 3 nitrogen and oxygen atoms in total. The van der Waals surface area contributed by atoms with Gasteiger partial charge < -0.3 is 15.2 Å². The summed E-state index contributed by atoms with van der Waals surface area (Å²) in [5.74, 6) is -1.41. The molecule has 1 aliphatic heterocycles. The monoisotopic (exact) mass is 283 g/mol. The molecule has 1 aromatic rings. The van der Waals surface area contributed by atoms with Crippen LogP contribution in [0.2, 0.25) is 0 Å². The number of ether oxygens (including phenoxy) is 2. The molecule has 2 fully saturated rings. The van der Waals surface area contributed by atoms with Crippen LogP contribution < -0.4 is 10.5 Å². The minimum atomic E-state index is -0.666. The molecular formula is C15H19F2NO2. The minimum absolute atomic E-state index is 0.0267. The van der Waals surface area contributed by atoms with E-state index in [0.717, 1.165) is 37.8 Å². The predicted octanol–water partition coefficient (Wildman–Crippen LogP) is 3.42. The van der Waals surface area contributed by atoms with Crippen molar-refractivity contribution in [2.75, 3.05) is 12.3 Å². The molecule has 1 saturated carbocycles. The van der Waals surface area contributed by atoms with E-state index in [0.29, 0.717) is 0 Å². The Labute approximate surface area is 117 Å². The molecule has 0 radical (unpaired) electrons. The number of hydrogen-bond acceptors (Lipinski definition) is 3. The van der Waals surface area contributed by atoms with Crippen LogP contribution in [-0.4, -0.2) is 18.3 Å². The number of nitrogen functional groups attached to an aromatic ring is 1. The van der Waals surface area contributed by atoms with Gasteiger partial charge in [0.2, 0.25) is 0 Å². The number of rotatable bonds is 3. The number of benzene rings is 1. The molecule has 1 spiro atoms. The van der Waals surface area contributed by atoms with Crippen molar-refractivity contribution in [3.05, 3.63) is 23.8 Å². The quantitative estimate of drug-likeness (QED) is 0.864. The van der Waals surface area contributed by atoms with Crippen LogP contribution in [0.3, 0.4) is 0 Å². The summed E-state index contributed by atoms with van der Waals surface area (Å²) in [7, 11) is 0. The van der Waals surface area contributed by atoms with Crippen molar-refractivity contribution in [2.45, 2.75) is 50.2 Å². The third-order valence-corrected chi connectivity index (χ3v) is 4.33. The smallest absolute Gasteiger partial charge is 0.167 e. The zero-order chi connectivity index (χ0) is 14.2. The Balaban J connectivity index is 1.59. The Bertz CT molecular complexity index is 501. The van der Waals surface area contributed by atoms with E-state index in [1.807, 2.05) is 0 Å². The van der Waals surface area contributed by atoms with Crippen molar-refractivity contribution in [2.24, 2.45) is 0 Å². The largest absolute Gasteiger partial charge is 0.488 e. The summed E-state index contributed by atoms with van der Waals surface area (Å²) in [6, 6.07) is 1.93. The molecule has 1 unspecified atom stereocenters. The first kappa shape index (κ1) is 13.6. The lowest BCUT2D eigenvalue weighted by molar-refractivity contribution is -0.0512. The molecule has 1 aliphatic carbocycles. The average Bonchev–Trinajstić information content (AvgIpc) is 3.03. The molecule has 3 rings (SSSR count). The van der Waals surface area contributed by atoms with E-state index in [4.69, 9.17) is 15.2 Å². The molecule has 1 aromatic carbocycles. The number of hydrogen-bond donors (Lipinski definition) is 1. The number of halogens is 2. The standard InChI is InChI=1S/C15H19F2NO2/c16-11-8-14(12(17)7-13(11)18)19-9-10-3-6-15(20-10)4-1-2-5-15/h7-8,10H,1-6,9,18H2. The van der Waals surface area contributed by atoms with Crippen LogP contribution >= 0.6 is 0 Å². The van der Waals surface area contributed by atoms with Gasteiger partial charge in [-0.1, -0.05) is 12.8 Å². The summed E-state index contributed by atoms with van der Waals surface area (Å²) in [4.78, 5) is 0. The van der Waals surface area contributed by atoms with Gasteiger partial charge in [0.15, 0.2) is 11.6 Å². The Morgan fingerprint density at radius 2 is 1.95 bits per heavy atom. The highest BCUT2D eigenvalue weighted by molar-refractivity contribution is 5.44. The normalized spacial score (nSPS) is 24.4. The van der Waals surface area contributed by atoms with Crippen LogP contribution in [0.1, 0.15) is 38.5 Å². The van der Waals surface area contributed by atoms with Gasteiger partial charge in [-0.05, 0) is 25.7 Å². The third-order valence-electron chi connectivity index (χ3n) is 4.33. The van der Waals surface area contributed by atoms with Crippen LogP contribution in [0.5, 0.6) is 5.75 Å². The average molecular weight is 283 g/mol. The highest BCUT2D eigenvalue weighted by Crippen LogP contribution is 2.43. The predicted molar refractivity (Wildman–Crippen MR) is 71.6 cm³/mol. The van der Waals surface area contributed by atoms with E-state index in [-0.39, 0.29) is 29.7 Å². The minimum Gasteiger partial charge on any atom is -0.488 e. The maximum atomic E-state index is 13.6. The lowest BCUT2D eigenvalue weighted by Crippen LogP contribution is -2.27. The van der Waals surface area contributed by atoms with E-state index in [1.54, 1.807) is 0 Å². The lowest BCUT2D eigenvalue weighted by Gasteiger charge is -2.23. The van der Waals surface area contributed by atoms with Crippen LogP contribution in [0.25, 0.3) is 0 Å². The molecule has 20 heavy (non-hydrogen) atoms. The van der Waals surface area contributed by atoms with Gasteiger partial charge in [0.05, 0.1) is 17.4 Å². The molecule has 0 aromatic heterocycles. The van der Waals surface area contributed by atoms with Gasteiger partial charge in [0, 0.05) is 12.1 Å². The molecule has 0 amide bonds. The topological polar surface area (TPSA) is 44.5 Å². The zero-order valence-corrected chi connectivity index (χ0v) is 11.3. The van der Waals surface area contributed by atoms with Gasteiger partial charge in [-0.25, -0.2) is 8.78 Å². The third kappa shape index (κ3) is 2.59. The first-order valence-electron chi connectivity index (χ1n) is 7.13. The van der Waals surface area contributed by atoms with Gasteiger partial charge in [-0.3, -0.25) is 0 Å². The number of nitrogens with two attached hydrogens (primary N) is 1. The summed E-state index contributed by atoms with van der Waals surface area (Å²) in [6.45, 7) is 0.252. The number of anilines is 1. The molecule has 1 heterocycles. The Kier molecular flexibility index (Phi) is 3.54. The van der Waals surface area contributed by atoms with Crippen molar-refractivity contribution in [1.82, 2.24) is 0 Å². The van der Waals surface area contributed by atoms with Crippen molar-refractivity contribution >= 4 is 5.69 Å². The lowest BCUT2D eigenvalue weighted by atomic mass is 9.98. The molecule has 1 atom stereocenters. The second-order valence-electron chi connectivity index (χ2n) is 5.78. The summed E-state index contributed by atoms with van der Waals surface area (Å²) >= 11 is 0. The summed E-state index contributed by atoms with van der Waals surface area (Å²) in [6.07, 6.45) is 6.56. The summed E-state index contributed by atoms with van der Waals surface area (Å²) in [5, 5.41) is 0. The van der Waals surface area contributed by atoms with Crippen LogP contribution in [0, 0.1) is 11.6 Å². The second-order valence-corrected chi connectivity index (χ2v) is 5.78. The Morgan fingerprint density at radius 3 is 2.70 bits per heavy atom. The van der Waals surface area contributed by atoms with Crippen molar-refractivity contribution in [3.63, 3.8) is 0 Å². The van der Waals surface area contributed by atoms with E-state index in [2.05, 4.69) is 0 Å².